The SMILES string of the molecule is Cc1cc(-c2csc(-c3ccc(Br)cc3)n2)c(C)o1. The van der Waals surface area contributed by atoms with Crippen LogP contribution in [0.3, 0.4) is 0 Å². The van der Waals surface area contributed by atoms with E-state index in [0.717, 1.165) is 37.8 Å². The Bertz CT molecular complexity index is 712. The number of halogens is 1. The molecule has 2 aromatic heterocycles. The van der Waals surface area contributed by atoms with Gasteiger partial charge in [-0.25, -0.2) is 4.98 Å². The third-order valence-electron chi connectivity index (χ3n) is 2.91. The maximum atomic E-state index is 5.56. The molecule has 19 heavy (non-hydrogen) atoms. The predicted octanol–water partition coefficient (Wildman–Crippen LogP) is 5.45. The highest BCUT2D eigenvalue weighted by atomic mass is 79.9. The van der Waals surface area contributed by atoms with Crippen LogP contribution in [-0.2, 0) is 0 Å². The summed E-state index contributed by atoms with van der Waals surface area (Å²) >= 11 is 5.10. The topological polar surface area (TPSA) is 26.0 Å². The van der Waals surface area contributed by atoms with Crippen molar-refractivity contribution in [1.29, 1.82) is 0 Å². The first-order valence-corrected chi connectivity index (χ1v) is 7.59. The maximum absolute atomic E-state index is 5.56. The molecule has 1 aromatic carbocycles. The quantitative estimate of drug-likeness (QED) is 0.623. The van der Waals surface area contributed by atoms with Crippen LogP contribution in [0.15, 0.2) is 44.6 Å². The number of aromatic nitrogens is 1. The molecule has 0 aliphatic heterocycles. The summed E-state index contributed by atoms with van der Waals surface area (Å²) in [7, 11) is 0. The van der Waals surface area contributed by atoms with Crippen molar-refractivity contribution < 1.29 is 4.42 Å². The molecular weight excluding hydrogens is 322 g/mol. The van der Waals surface area contributed by atoms with Gasteiger partial charge in [-0.15, -0.1) is 11.3 Å². The Morgan fingerprint density at radius 2 is 1.89 bits per heavy atom. The minimum atomic E-state index is 0.921. The van der Waals surface area contributed by atoms with E-state index >= 15 is 0 Å². The highest BCUT2D eigenvalue weighted by Gasteiger charge is 2.11. The van der Waals surface area contributed by atoms with Gasteiger partial charge in [0, 0.05) is 21.0 Å². The zero-order valence-corrected chi connectivity index (χ0v) is 13.0. The van der Waals surface area contributed by atoms with Crippen LogP contribution in [-0.4, -0.2) is 4.98 Å². The van der Waals surface area contributed by atoms with Gasteiger partial charge in [0.1, 0.15) is 16.5 Å². The van der Waals surface area contributed by atoms with Crippen molar-refractivity contribution in [2.24, 2.45) is 0 Å². The molecule has 0 atom stereocenters. The highest BCUT2D eigenvalue weighted by molar-refractivity contribution is 9.10. The van der Waals surface area contributed by atoms with Gasteiger partial charge in [-0.3, -0.25) is 0 Å². The number of benzene rings is 1. The molecule has 0 bridgehead atoms. The lowest BCUT2D eigenvalue weighted by Gasteiger charge is -1.96. The van der Waals surface area contributed by atoms with Crippen molar-refractivity contribution in [3.63, 3.8) is 0 Å². The Morgan fingerprint density at radius 3 is 2.53 bits per heavy atom. The van der Waals surface area contributed by atoms with E-state index in [2.05, 4.69) is 33.4 Å². The summed E-state index contributed by atoms with van der Waals surface area (Å²) in [5.41, 5.74) is 3.20. The van der Waals surface area contributed by atoms with E-state index in [4.69, 9.17) is 9.40 Å². The largest absolute Gasteiger partial charge is 0.466 e. The van der Waals surface area contributed by atoms with E-state index in [1.54, 1.807) is 11.3 Å². The van der Waals surface area contributed by atoms with Crippen LogP contribution in [0.4, 0.5) is 0 Å². The number of aryl methyl sites for hydroxylation is 2. The molecule has 0 amide bonds. The van der Waals surface area contributed by atoms with Gasteiger partial charge in [-0.05, 0) is 32.0 Å². The first-order valence-electron chi connectivity index (χ1n) is 5.92. The zero-order chi connectivity index (χ0) is 13.4. The Kier molecular flexibility index (Phi) is 3.29. The van der Waals surface area contributed by atoms with Crippen LogP contribution in [0.2, 0.25) is 0 Å². The number of nitrogens with zero attached hydrogens (tertiary/aromatic N) is 1. The van der Waals surface area contributed by atoms with Crippen LogP contribution in [0.1, 0.15) is 11.5 Å². The molecule has 0 spiro atoms. The van der Waals surface area contributed by atoms with Crippen LogP contribution < -0.4 is 0 Å². The molecule has 96 valence electrons. The molecule has 0 radical (unpaired) electrons. The smallest absolute Gasteiger partial charge is 0.124 e. The van der Waals surface area contributed by atoms with Crippen LogP contribution >= 0.6 is 27.3 Å². The molecule has 0 aliphatic carbocycles. The third kappa shape index (κ3) is 2.51. The van der Waals surface area contributed by atoms with Gasteiger partial charge in [-0.2, -0.15) is 0 Å². The van der Waals surface area contributed by atoms with Gasteiger partial charge < -0.3 is 4.42 Å². The number of thiazole rings is 1. The Morgan fingerprint density at radius 1 is 1.16 bits per heavy atom. The molecule has 0 saturated heterocycles. The molecule has 0 unspecified atom stereocenters. The number of rotatable bonds is 2. The lowest BCUT2D eigenvalue weighted by molar-refractivity contribution is 0.505. The van der Waals surface area contributed by atoms with Crippen molar-refractivity contribution >= 4 is 27.3 Å². The van der Waals surface area contributed by atoms with E-state index < -0.39 is 0 Å². The van der Waals surface area contributed by atoms with Gasteiger partial charge >= 0.3 is 0 Å². The fourth-order valence-electron chi connectivity index (χ4n) is 2.01. The molecule has 3 aromatic rings. The lowest BCUT2D eigenvalue weighted by Crippen LogP contribution is -1.79. The predicted molar refractivity (Wildman–Crippen MR) is 82.4 cm³/mol. The Balaban J connectivity index is 1.99. The molecule has 0 saturated carbocycles. The average molecular weight is 334 g/mol. The Labute approximate surface area is 124 Å². The lowest BCUT2D eigenvalue weighted by atomic mass is 10.2. The second-order valence-corrected chi connectivity index (χ2v) is 6.15. The van der Waals surface area contributed by atoms with E-state index in [1.165, 1.54) is 0 Å². The average Bonchev–Trinajstić information content (AvgIpc) is 2.97. The van der Waals surface area contributed by atoms with Crippen LogP contribution in [0.25, 0.3) is 21.8 Å². The summed E-state index contributed by atoms with van der Waals surface area (Å²) in [6, 6.07) is 10.2. The van der Waals surface area contributed by atoms with Gasteiger partial charge in [0.25, 0.3) is 0 Å². The van der Waals surface area contributed by atoms with E-state index in [0.29, 0.717) is 0 Å². The maximum Gasteiger partial charge on any atom is 0.124 e. The first kappa shape index (κ1) is 12.6. The van der Waals surface area contributed by atoms with Gasteiger partial charge in [0.2, 0.25) is 0 Å². The molecule has 0 N–H and O–H groups in total. The monoisotopic (exact) mass is 333 g/mol. The molecule has 3 rings (SSSR count). The zero-order valence-electron chi connectivity index (χ0n) is 10.6. The standard InChI is InChI=1S/C15H12BrNOS/c1-9-7-13(10(2)18-9)14-8-19-15(17-14)11-3-5-12(16)6-4-11/h3-8H,1-2H3. The number of furan rings is 1. The first-order chi connectivity index (χ1) is 9.13. The minimum absolute atomic E-state index is 0.921. The highest BCUT2D eigenvalue weighted by Crippen LogP contribution is 2.32. The summed E-state index contributed by atoms with van der Waals surface area (Å²) in [5.74, 6) is 1.84. The number of hydrogen-bond donors (Lipinski definition) is 0. The third-order valence-corrected chi connectivity index (χ3v) is 4.33. The van der Waals surface area contributed by atoms with Crippen LogP contribution in [0.5, 0.6) is 0 Å². The number of hydrogen-bond acceptors (Lipinski definition) is 3. The van der Waals surface area contributed by atoms with Gasteiger partial charge in [0.05, 0.1) is 5.69 Å². The van der Waals surface area contributed by atoms with Crippen molar-refractivity contribution in [2.45, 2.75) is 13.8 Å². The van der Waals surface area contributed by atoms with Gasteiger partial charge in [0.15, 0.2) is 0 Å². The summed E-state index contributed by atoms with van der Waals surface area (Å²) in [6.07, 6.45) is 0. The van der Waals surface area contributed by atoms with E-state index in [1.807, 2.05) is 32.0 Å². The van der Waals surface area contributed by atoms with E-state index in [9.17, 15) is 0 Å². The minimum Gasteiger partial charge on any atom is -0.466 e. The summed E-state index contributed by atoms with van der Waals surface area (Å²) in [6.45, 7) is 3.93. The summed E-state index contributed by atoms with van der Waals surface area (Å²) in [4.78, 5) is 4.70. The summed E-state index contributed by atoms with van der Waals surface area (Å²) in [5, 5.41) is 3.11. The van der Waals surface area contributed by atoms with Crippen molar-refractivity contribution in [1.82, 2.24) is 4.98 Å². The summed E-state index contributed by atoms with van der Waals surface area (Å²) < 4.78 is 6.64. The van der Waals surface area contributed by atoms with Gasteiger partial charge in [-0.1, -0.05) is 28.1 Å². The Hall–Kier alpha value is -1.39. The fraction of sp³-hybridized carbons (Fsp3) is 0.133. The van der Waals surface area contributed by atoms with Crippen molar-refractivity contribution in [3.05, 3.63) is 51.7 Å². The second kappa shape index (κ2) is 4.94. The normalized spacial score (nSPS) is 10.9. The molecule has 4 heteroatoms. The van der Waals surface area contributed by atoms with E-state index in [-0.39, 0.29) is 0 Å². The van der Waals surface area contributed by atoms with Crippen molar-refractivity contribution in [2.75, 3.05) is 0 Å². The molecule has 2 heterocycles. The molecule has 0 fully saturated rings. The van der Waals surface area contributed by atoms with Crippen LogP contribution in [0, 0.1) is 13.8 Å². The fourth-order valence-corrected chi connectivity index (χ4v) is 3.10. The molecule has 2 nitrogen and oxygen atoms in total. The second-order valence-electron chi connectivity index (χ2n) is 4.37. The van der Waals surface area contributed by atoms with Crippen molar-refractivity contribution in [3.8, 4) is 21.8 Å². The molecular formula is C15H12BrNOS. The molecule has 0 aliphatic rings.